The van der Waals surface area contributed by atoms with Crippen molar-refractivity contribution in [2.45, 2.75) is 20.4 Å². The van der Waals surface area contributed by atoms with E-state index in [1.165, 1.54) is 17.8 Å². The van der Waals surface area contributed by atoms with Crippen LogP contribution >= 0.6 is 11.6 Å². The zero-order valence-corrected chi connectivity index (χ0v) is 19.9. The summed E-state index contributed by atoms with van der Waals surface area (Å²) in [7, 11) is 0. The molecule has 5 rings (SSSR count). The van der Waals surface area contributed by atoms with Gasteiger partial charge in [-0.1, -0.05) is 24.6 Å². The number of hydrogen-bond donors (Lipinski definition) is 1. The lowest BCUT2D eigenvalue weighted by Gasteiger charge is -2.33. The summed E-state index contributed by atoms with van der Waals surface area (Å²) in [6.45, 7) is 10.3. The number of nitrogens with one attached hydrogen (secondary N) is 1. The standard InChI is InChI=1S/C24H26ClFN8/c1-3-32-8-10-33(11-9-32)15-17-4-7-22(27-12-17)30-24-28-14-19(25)23(31-24)18-13-29-34-16(2)20(26)5-6-21(18)34/h4-7,12-14H,3,8-11,15H2,1-2H3,(H,27,28,30,31). The minimum Gasteiger partial charge on any atom is -0.309 e. The van der Waals surface area contributed by atoms with Gasteiger partial charge in [-0.2, -0.15) is 5.10 Å². The Hall–Kier alpha value is -3.14. The van der Waals surface area contributed by atoms with E-state index < -0.39 is 0 Å². The highest BCUT2D eigenvalue weighted by Gasteiger charge is 2.17. The second kappa shape index (κ2) is 9.61. The van der Waals surface area contributed by atoms with Crippen LogP contribution in [0.15, 0.2) is 42.9 Å². The van der Waals surface area contributed by atoms with Crippen LogP contribution in [0.2, 0.25) is 5.02 Å². The molecule has 1 N–H and O–H groups in total. The highest BCUT2D eigenvalue weighted by Crippen LogP contribution is 2.31. The third-order valence-corrected chi connectivity index (χ3v) is 6.52. The quantitative estimate of drug-likeness (QED) is 0.444. The van der Waals surface area contributed by atoms with Gasteiger partial charge in [0.1, 0.15) is 11.6 Å². The Morgan fingerprint density at radius 2 is 1.79 bits per heavy atom. The van der Waals surface area contributed by atoms with Crippen molar-refractivity contribution in [3.05, 3.63) is 65.0 Å². The van der Waals surface area contributed by atoms with Crippen LogP contribution in [0.1, 0.15) is 18.2 Å². The van der Waals surface area contributed by atoms with E-state index in [-0.39, 0.29) is 5.82 Å². The molecule has 0 unspecified atom stereocenters. The van der Waals surface area contributed by atoms with Gasteiger partial charge in [0, 0.05) is 44.5 Å². The van der Waals surface area contributed by atoms with Crippen molar-refractivity contribution in [1.29, 1.82) is 0 Å². The number of rotatable bonds is 6. The smallest absolute Gasteiger partial charge is 0.228 e. The predicted octanol–water partition coefficient (Wildman–Crippen LogP) is 4.17. The first kappa shape index (κ1) is 22.6. The van der Waals surface area contributed by atoms with E-state index in [0.29, 0.717) is 39.3 Å². The Labute approximate surface area is 202 Å². The van der Waals surface area contributed by atoms with E-state index in [9.17, 15) is 4.39 Å². The van der Waals surface area contributed by atoms with Gasteiger partial charge in [-0.05, 0) is 37.2 Å². The molecule has 5 heterocycles. The minimum atomic E-state index is -0.323. The Bertz CT molecular complexity index is 1300. The van der Waals surface area contributed by atoms with Gasteiger partial charge in [-0.3, -0.25) is 4.90 Å². The van der Waals surface area contributed by atoms with Crippen LogP contribution in [0.3, 0.4) is 0 Å². The maximum absolute atomic E-state index is 13.9. The SMILES string of the molecule is CCN1CCN(Cc2ccc(Nc3ncc(Cl)c(-c4cnn5c(C)c(F)ccc45)n3)nc2)CC1. The first-order valence-electron chi connectivity index (χ1n) is 11.3. The monoisotopic (exact) mass is 480 g/mol. The van der Waals surface area contributed by atoms with Crippen molar-refractivity contribution in [3.8, 4) is 11.3 Å². The van der Waals surface area contributed by atoms with Gasteiger partial charge < -0.3 is 10.2 Å². The van der Waals surface area contributed by atoms with Gasteiger partial charge >= 0.3 is 0 Å². The molecule has 0 saturated carbocycles. The van der Waals surface area contributed by atoms with Crippen molar-refractivity contribution in [2.75, 3.05) is 38.0 Å². The van der Waals surface area contributed by atoms with Gasteiger partial charge in [-0.15, -0.1) is 0 Å². The molecule has 1 aliphatic heterocycles. The molecule has 10 heteroatoms. The predicted molar refractivity (Wildman–Crippen MR) is 131 cm³/mol. The van der Waals surface area contributed by atoms with Crippen molar-refractivity contribution in [1.82, 2.24) is 34.4 Å². The third-order valence-electron chi connectivity index (χ3n) is 6.24. The normalized spacial score (nSPS) is 15.2. The van der Waals surface area contributed by atoms with Gasteiger partial charge in [0.15, 0.2) is 0 Å². The molecular formula is C24H26ClFN8. The molecule has 8 nitrogen and oxygen atoms in total. The average Bonchev–Trinajstić information content (AvgIpc) is 3.29. The molecule has 0 aliphatic carbocycles. The molecule has 1 aliphatic rings. The maximum atomic E-state index is 13.9. The summed E-state index contributed by atoms with van der Waals surface area (Å²) in [6.07, 6.45) is 5.05. The number of fused-ring (bicyclic) bond motifs is 1. The second-order valence-corrected chi connectivity index (χ2v) is 8.81. The number of pyridine rings is 2. The van der Waals surface area contributed by atoms with E-state index >= 15 is 0 Å². The molecule has 1 fully saturated rings. The maximum Gasteiger partial charge on any atom is 0.228 e. The number of halogens is 2. The number of aromatic nitrogens is 5. The number of piperazine rings is 1. The van der Waals surface area contributed by atoms with Gasteiger partial charge in [0.05, 0.1) is 34.3 Å². The molecular weight excluding hydrogens is 455 g/mol. The zero-order chi connectivity index (χ0) is 23.7. The molecule has 4 aromatic rings. The van der Waals surface area contributed by atoms with Crippen molar-refractivity contribution in [2.24, 2.45) is 0 Å². The zero-order valence-electron chi connectivity index (χ0n) is 19.2. The Balaban J connectivity index is 1.31. The summed E-state index contributed by atoms with van der Waals surface area (Å²) in [5, 5.41) is 7.83. The van der Waals surface area contributed by atoms with Crippen LogP contribution in [-0.2, 0) is 6.54 Å². The number of likely N-dealkylation sites (N-methyl/N-ethyl adjacent to an activating group) is 1. The molecule has 0 amide bonds. The van der Waals surface area contributed by atoms with Crippen LogP contribution in [-0.4, -0.2) is 67.1 Å². The number of aryl methyl sites for hydroxylation is 1. The lowest BCUT2D eigenvalue weighted by molar-refractivity contribution is 0.132. The molecule has 0 bridgehead atoms. The summed E-state index contributed by atoms with van der Waals surface area (Å²) < 4.78 is 15.4. The first-order valence-corrected chi connectivity index (χ1v) is 11.7. The summed E-state index contributed by atoms with van der Waals surface area (Å²) in [6, 6.07) is 7.08. The molecule has 0 atom stereocenters. The molecule has 34 heavy (non-hydrogen) atoms. The summed E-state index contributed by atoms with van der Waals surface area (Å²) in [5.41, 5.74) is 3.52. The number of nitrogens with zero attached hydrogens (tertiary/aromatic N) is 7. The van der Waals surface area contributed by atoms with E-state index in [1.807, 2.05) is 12.3 Å². The number of hydrogen-bond acceptors (Lipinski definition) is 7. The Morgan fingerprint density at radius 1 is 1.00 bits per heavy atom. The highest BCUT2D eigenvalue weighted by atomic mass is 35.5. The molecule has 4 aromatic heterocycles. The lowest BCUT2D eigenvalue weighted by Crippen LogP contribution is -2.45. The molecule has 0 spiro atoms. The fourth-order valence-corrected chi connectivity index (χ4v) is 4.38. The van der Waals surface area contributed by atoms with Gasteiger partial charge in [-0.25, -0.2) is 23.9 Å². The second-order valence-electron chi connectivity index (χ2n) is 8.40. The fourth-order valence-electron chi connectivity index (χ4n) is 4.19. The van der Waals surface area contributed by atoms with Crippen LogP contribution in [0.5, 0.6) is 0 Å². The van der Waals surface area contributed by atoms with Crippen LogP contribution in [0, 0.1) is 12.7 Å². The van der Waals surface area contributed by atoms with Crippen LogP contribution in [0.4, 0.5) is 16.2 Å². The highest BCUT2D eigenvalue weighted by molar-refractivity contribution is 6.33. The average molecular weight is 481 g/mol. The summed E-state index contributed by atoms with van der Waals surface area (Å²) >= 11 is 6.41. The van der Waals surface area contributed by atoms with Crippen molar-refractivity contribution < 1.29 is 4.39 Å². The molecule has 1 saturated heterocycles. The van der Waals surface area contributed by atoms with E-state index in [2.05, 4.69) is 48.2 Å². The van der Waals surface area contributed by atoms with Gasteiger partial charge in [0.2, 0.25) is 5.95 Å². The summed E-state index contributed by atoms with van der Waals surface area (Å²) in [4.78, 5) is 18.3. The Morgan fingerprint density at radius 3 is 2.53 bits per heavy atom. The minimum absolute atomic E-state index is 0.323. The lowest BCUT2D eigenvalue weighted by atomic mass is 10.2. The van der Waals surface area contributed by atoms with E-state index in [4.69, 9.17) is 11.6 Å². The van der Waals surface area contributed by atoms with E-state index in [1.54, 1.807) is 23.7 Å². The van der Waals surface area contributed by atoms with Gasteiger partial charge in [0.25, 0.3) is 0 Å². The van der Waals surface area contributed by atoms with Crippen molar-refractivity contribution >= 4 is 28.9 Å². The van der Waals surface area contributed by atoms with Crippen LogP contribution in [0.25, 0.3) is 16.8 Å². The fraction of sp³-hybridized carbons (Fsp3) is 0.333. The largest absolute Gasteiger partial charge is 0.309 e. The van der Waals surface area contributed by atoms with E-state index in [0.717, 1.165) is 39.3 Å². The summed E-state index contributed by atoms with van der Waals surface area (Å²) in [5.74, 6) is 0.690. The third kappa shape index (κ3) is 4.59. The van der Waals surface area contributed by atoms with Crippen LogP contribution < -0.4 is 5.32 Å². The topological polar surface area (TPSA) is 74.5 Å². The molecule has 176 valence electrons. The Kier molecular flexibility index (Phi) is 6.40. The first-order chi connectivity index (χ1) is 16.5. The molecule has 0 aromatic carbocycles. The molecule has 0 radical (unpaired) electrons. The number of anilines is 2. The van der Waals surface area contributed by atoms with Crippen molar-refractivity contribution in [3.63, 3.8) is 0 Å².